The number of hydrogen-bond donors (Lipinski definition) is 4. The smallest absolute Gasteiger partial charge is 0.309 e. The van der Waals surface area contributed by atoms with Gasteiger partial charge in [-0.1, -0.05) is 37.7 Å². The van der Waals surface area contributed by atoms with Crippen molar-refractivity contribution in [3.8, 4) is 0 Å². The van der Waals surface area contributed by atoms with Crippen molar-refractivity contribution >= 4 is 34.7 Å². The van der Waals surface area contributed by atoms with E-state index in [1.165, 1.54) is 16.4 Å². The lowest BCUT2D eigenvalue weighted by atomic mass is 10.1. The third-order valence-corrected chi connectivity index (χ3v) is 6.28. The van der Waals surface area contributed by atoms with Gasteiger partial charge in [-0.2, -0.15) is 0 Å². The Hall–Kier alpha value is -1.98. The minimum Gasteiger partial charge on any atom is -0.481 e. The third kappa shape index (κ3) is 4.68. The van der Waals surface area contributed by atoms with E-state index in [9.17, 15) is 20.1 Å². The van der Waals surface area contributed by atoms with Crippen LogP contribution < -0.4 is 5.32 Å². The van der Waals surface area contributed by atoms with Crippen LogP contribution in [0.2, 0.25) is 0 Å². The third-order valence-electron chi connectivity index (χ3n) is 5.23. The van der Waals surface area contributed by atoms with Crippen molar-refractivity contribution in [1.82, 2.24) is 25.0 Å². The number of thioether (sulfide) groups is 1. The van der Waals surface area contributed by atoms with Crippen molar-refractivity contribution in [3.05, 3.63) is 0 Å². The number of rotatable bonds is 9. The average Bonchev–Trinajstić information content (AvgIpc) is 3.21. The van der Waals surface area contributed by atoms with Crippen LogP contribution in [-0.4, -0.2) is 70.3 Å². The summed E-state index contributed by atoms with van der Waals surface area (Å²) in [5, 5.41) is 42.3. The highest BCUT2D eigenvalue weighted by Gasteiger charge is 2.47. The summed E-state index contributed by atoms with van der Waals surface area (Å²) >= 11 is 1.51. The number of nitrogens with one attached hydrogen (secondary N) is 1. The van der Waals surface area contributed by atoms with Crippen molar-refractivity contribution in [2.45, 2.75) is 76.4 Å². The topological polar surface area (TPSA) is 146 Å². The lowest BCUT2D eigenvalue weighted by Gasteiger charge is -2.18. The molecule has 2 aromatic heterocycles. The van der Waals surface area contributed by atoms with Crippen LogP contribution in [0, 0.1) is 11.8 Å². The highest BCUT2D eigenvalue weighted by Crippen LogP contribution is 2.37. The molecule has 5 atom stereocenters. The monoisotopic (exact) mass is 438 g/mol. The summed E-state index contributed by atoms with van der Waals surface area (Å²) in [6.45, 7) is 8.45. The first kappa shape index (κ1) is 22.7. The van der Waals surface area contributed by atoms with Crippen LogP contribution in [0.4, 0.5) is 5.82 Å². The molecule has 1 fully saturated rings. The van der Waals surface area contributed by atoms with Crippen molar-refractivity contribution in [1.29, 1.82) is 0 Å². The van der Waals surface area contributed by atoms with Gasteiger partial charge in [0.1, 0.15) is 6.10 Å². The number of aliphatic hydroxyl groups excluding tert-OH is 2. The van der Waals surface area contributed by atoms with E-state index in [-0.39, 0.29) is 12.5 Å². The Kier molecular flexibility index (Phi) is 7.14. The molecule has 1 saturated carbocycles. The van der Waals surface area contributed by atoms with E-state index in [0.717, 1.165) is 18.6 Å². The molecule has 0 saturated heterocycles. The summed E-state index contributed by atoms with van der Waals surface area (Å²) < 4.78 is 1.43. The number of nitrogens with zero attached hydrogens (tertiary/aromatic N) is 5. The predicted molar refractivity (Wildman–Crippen MR) is 113 cm³/mol. The summed E-state index contributed by atoms with van der Waals surface area (Å²) in [4.78, 5) is 20.6. The molecule has 2 aromatic rings. The molecule has 10 nitrogen and oxygen atoms in total. The van der Waals surface area contributed by atoms with Crippen LogP contribution in [0.15, 0.2) is 5.16 Å². The Bertz CT molecular complexity index is 891. The minimum atomic E-state index is -1.37. The second kappa shape index (κ2) is 9.44. The van der Waals surface area contributed by atoms with Crippen LogP contribution in [0.25, 0.3) is 11.2 Å². The lowest BCUT2D eigenvalue weighted by Crippen LogP contribution is -2.32. The van der Waals surface area contributed by atoms with E-state index in [0.29, 0.717) is 28.1 Å². The molecule has 2 heterocycles. The van der Waals surface area contributed by atoms with Gasteiger partial charge in [0.05, 0.1) is 18.1 Å². The molecule has 0 aromatic carbocycles. The molecular weight excluding hydrogens is 408 g/mol. The van der Waals surface area contributed by atoms with Crippen LogP contribution in [0.5, 0.6) is 0 Å². The van der Waals surface area contributed by atoms with Crippen LogP contribution in [0.3, 0.4) is 0 Å². The molecule has 1 unspecified atom stereocenters. The molecule has 4 N–H and O–H groups in total. The van der Waals surface area contributed by atoms with Gasteiger partial charge in [0.25, 0.3) is 0 Å². The van der Waals surface area contributed by atoms with Gasteiger partial charge >= 0.3 is 5.97 Å². The largest absolute Gasteiger partial charge is 0.481 e. The predicted octanol–water partition coefficient (Wildman–Crippen LogP) is 1.94. The summed E-state index contributed by atoms with van der Waals surface area (Å²) in [6.07, 6.45) is -0.682. The van der Waals surface area contributed by atoms with Gasteiger partial charge in [-0.25, -0.2) is 14.6 Å². The van der Waals surface area contributed by atoms with E-state index in [1.807, 2.05) is 0 Å². The second-order valence-corrected chi connectivity index (χ2v) is 9.38. The van der Waals surface area contributed by atoms with Crippen molar-refractivity contribution < 1.29 is 20.1 Å². The Morgan fingerprint density at radius 2 is 2.00 bits per heavy atom. The van der Waals surface area contributed by atoms with E-state index in [1.54, 1.807) is 0 Å². The SMILES string of the molecule is CCCSc1nc(NC(C)CC(C)C)c2nnn([C@@H]3C[C@H](C(=O)O)[C@@H](O)[C@H]3O)c2n1. The average molecular weight is 439 g/mol. The Labute approximate surface area is 179 Å². The van der Waals surface area contributed by atoms with Crippen LogP contribution in [-0.2, 0) is 4.79 Å². The number of hydrogen-bond acceptors (Lipinski definition) is 9. The fraction of sp³-hybridized carbons (Fsp3) is 0.737. The standard InChI is InChI=1S/C19H30N6O4S/c1-5-6-30-19-21-16(20-10(4)7-9(2)3)13-17(22-19)25(24-23-13)12-8-11(18(28)29)14(26)15(12)27/h9-12,14-15,26-27H,5-8H2,1-4H3,(H,28,29)(H,20,21,22)/t10?,11-,12+,14+,15-/m0/s1. The zero-order chi connectivity index (χ0) is 22.0. The molecular formula is C19H30N6O4S. The first-order chi connectivity index (χ1) is 14.2. The number of carboxylic acids is 1. The van der Waals surface area contributed by atoms with E-state index in [2.05, 4.69) is 53.3 Å². The number of aliphatic hydroxyl groups is 2. The van der Waals surface area contributed by atoms with E-state index >= 15 is 0 Å². The molecule has 166 valence electrons. The highest BCUT2D eigenvalue weighted by molar-refractivity contribution is 7.99. The van der Waals surface area contributed by atoms with Crippen LogP contribution >= 0.6 is 11.8 Å². The second-order valence-electron chi connectivity index (χ2n) is 8.31. The molecule has 1 aliphatic rings. The Morgan fingerprint density at radius 1 is 1.27 bits per heavy atom. The number of carbonyl (C=O) groups is 1. The number of aromatic nitrogens is 5. The van der Waals surface area contributed by atoms with E-state index < -0.39 is 30.1 Å². The highest BCUT2D eigenvalue weighted by atomic mass is 32.2. The summed E-state index contributed by atoms with van der Waals surface area (Å²) in [6, 6.07) is -0.571. The number of fused-ring (bicyclic) bond motifs is 1. The van der Waals surface area contributed by atoms with Crippen molar-refractivity contribution in [2.24, 2.45) is 11.8 Å². The number of anilines is 1. The zero-order valence-corrected chi connectivity index (χ0v) is 18.5. The Morgan fingerprint density at radius 3 is 2.60 bits per heavy atom. The first-order valence-electron chi connectivity index (χ1n) is 10.3. The van der Waals surface area contributed by atoms with Gasteiger partial charge in [-0.15, -0.1) is 5.10 Å². The van der Waals surface area contributed by atoms with Crippen molar-refractivity contribution in [2.75, 3.05) is 11.1 Å². The molecule has 0 spiro atoms. The molecule has 0 aliphatic heterocycles. The zero-order valence-electron chi connectivity index (χ0n) is 17.7. The molecule has 3 rings (SSSR count). The van der Waals surface area contributed by atoms with Gasteiger partial charge in [0.15, 0.2) is 22.1 Å². The lowest BCUT2D eigenvalue weighted by molar-refractivity contribution is -0.145. The maximum Gasteiger partial charge on any atom is 0.309 e. The maximum absolute atomic E-state index is 11.4. The fourth-order valence-electron chi connectivity index (χ4n) is 3.89. The van der Waals surface area contributed by atoms with Crippen molar-refractivity contribution in [3.63, 3.8) is 0 Å². The first-order valence-corrected chi connectivity index (χ1v) is 11.3. The molecule has 1 aliphatic carbocycles. The van der Waals surface area contributed by atoms with Crippen LogP contribution in [0.1, 0.15) is 53.0 Å². The minimum absolute atomic E-state index is 0.0457. The molecule has 11 heteroatoms. The van der Waals surface area contributed by atoms with Gasteiger partial charge in [-0.3, -0.25) is 4.79 Å². The molecule has 0 amide bonds. The quantitative estimate of drug-likeness (QED) is 0.338. The summed E-state index contributed by atoms with van der Waals surface area (Å²) in [5.41, 5.74) is 0.886. The molecule has 30 heavy (non-hydrogen) atoms. The Balaban J connectivity index is 2.00. The van der Waals surface area contributed by atoms with E-state index in [4.69, 9.17) is 0 Å². The van der Waals surface area contributed by atoms with Gasteiger partial charge in [-0.05, 0) is 32.1 Å². The normalized spacial score (nSPS) is 25.2. The number of carboxylic acid groups (broad SMARTS) is 1. The maximum atomic E-state index is 11.4. The summed E-state index contributed by atoms with van der Waals surface area (Å²) in [5.74, 6) is -0.283. The molecule has 0 bridgehead atoms. The van der Waals surface area contributed by atoms with Gasteiger partial charge in [0, 0.05) is 11.8 Å². The molecule has 0 radical (unpaired) electrons. The van der Waals surface area contributed by atoms with Gasteiger partial charge in [0.2, 0.25) is 0 Å². The fourth-order valence-corrected chi connectivity index (χ4v) is 4.58. The summed E-state index contributed by atoms with van der Waals surface area (Å²) in [7, 11) is 0. The number of aliphatic carboxylic acids is 1. The van der Waals surface area contributed by atoms with Gasteiger partial charge < -0.3 is 20.6 Å².